The summed E-state index contributed by atoms with van der Waals surface area (Å²) in [7, 11) is 0. The highest BCUT2D eigenvalue weighted by molar-refractivity contribution is 6.32. The van der Waals surface area contributed by atoms with Crippen LogP contribution in [0.3, 0.4) is 0 Å². The van der Waals surface area contributed by atoms with Crippen molar-refractivity contribution in [3.63, 3.8) is 0 Å². The summed E-state index contributed by atoms with van der Waals surface area (Å²) in [6.07, 6.45) is 1.03. The van der Waals surface area contributed by atoms with Gasteiger partial charge in [-0.15, -0.1) is 0 Å². The molecule has 2 amide bonds. The smallest absolute Gasteiger partial charge is 0.315 e. The Hall–Kier alpha value is -2.54. The summed E-state index contributed by atoms with van der Waals surface area (Å²) in [6.45, 7) is 1.55. The lowest BCUT2D eigenvalue weighted by Gasteiger charge is -2.12. The minimum absolute atomic E-state index is 0.219. The molecule has 1 aliphatic rings. The molecule has 3 rings (SSSR count). The van der Waals surface area contributed by atoms with E-state index in [1.807, 2.05) is 0 Å². The van der Waals surface area contributed by atoms with Crippen molar-refractivity contribution in [1.29, 1.82) is 0 Å². The molecule has 0 radical (unpaired) electrons. The van der Waals surface area contributed by atoms with Crippen molar-refractivity contribution in [3.8, 4) is 11.5 Å². The lowest BCUT2D eigenvalue weighted by atomic mass is 10.1. The van der Waals surface area contributed by atoms with Gasteiger partial charge in [-0.1, -0.05) is 17.7 Å². The lowest BCUT2D eigenvalue weighted by molar-refractivity contribution is 0.240. The molecule has 0 saturated heterocycles. The second-order valence-electron chi connectivity index (χ2n) is 6.05. The molecular formula is C19H19ClF2N2O3. The summed E-state index contributed by atoms with van der Waals surface area (Å²) in [5.41, 5.74) is 1.11. The molecule has 0 fully saturated rings. The van der Waals surface area contributed by atoms with Gasteiger partial charge >= 0.3 is 6.03 Å². The third kappa shape index (κ3) is 5.23. The standard InChI is InChI=1S/C19H19ClF2N2O3/c20-15-8-12(9-17-18(15)27-7-1-6-26-17)11-24-19(25)23-5-4-13-2-3-14(21)10-16(13)22/h2-3,8-10H,1,4-7,11H2,(H2,23,24,25). The van der Waals surface area contributed by atoms with E-state index in [9.17, 15) is 13.6 Å². The van der Waals surface area contributed by atoms with E-state index in [1.54, 1.807) is 12.1 Å². The van der Waals surface area contributed by atoms with Crippen LogP contribution in [0.5, 0.6) is 11.5 Å². The number of ether oxygens (including phenoxy) is 2. The maximum Gasteiger partial charge on any atom is 0.315 e. The van der Waals surface area contributed by atoms with Crippen molar-refractivity contribution in [2.75, 3.05) is 19.8 Å². The van der Waals surface area contributed by atoms with E-state index >= 15 is 0 Å². The number of benzene rings is 2. The molecule has 1 aliphatic heterocycles. The van der Waals surface area contributed by atoms with Crippen molar-refractivity contribution in [3.05, 3.63) is 58.1 Å². The Morgan fingerprint density at radius 1 is 1.11 bits per heavy atom. The third-order valence-electron chi connectivity index (χ3n) is 4.01. The van der Waals surface area contributed by atoms with Crippen LogP contribution in [0.4, 0.5) is 13.6 Å². The average Bonchev–Trinajstić information content (AvgIpc) is 2.88. The molecule has 2 aromatic carbocycles. The highest BCUT2D eigenvalue weighted by Crippen LogP contribution is 2.37. The number of amides is 2. The van der Waals surface area contributed by atoms with Gasteiger partial charge in [0.05, 0.1) is 18.2 Å². The summed E-state index contributed by atoms with van der Waals surface area (Å²) >= 11 is 6.22. The number of hydrogen-bond acceptors (Lipinski definition) is 3. The molecule has 2 aromatic rings. The predicted octanol–water partition coefficient (Wildman–Crippen LogP) is 3.82. The van der Waals surface area contributed by atoms with Crippen molar-refractivity contribution in [2.45, 2.75) is 19.4 Å². The van der Waals surface area contributed by atoms with Crippen molar-refractivity contribution >= 4 is 17.6 Å². The second-order valence-corrected chi connectivity index (χ2v) is 6.46. The number of carbonyl (C=O) groups is 1. The molecule has 0 atom stereocenters. The summed E-state index contributed by atoms with van der Waals surface area (Å²) in [4.78, 5) is 11.9. The van der Waals surface area contributed by atoms with E-state index in [1.165, 1.54) is 12.1 Å². The molecule has 0 aromatic heterocycles. The van der Waals surface area contributed by atoms with E-state index in [0.29, 0.717) is 35.3 Å². The van der Waals surface area contributed by atoms with Crippen molar-refractivity contribution in [2.24, 2.45) is 0 Å². The summed E-state index contributed by atoms with van der Waals surface area (Å²) in [5, 5.41) is 5.76. The Morgan fingerprint density at radius 2 is 1.93 bits per heavy atom. The summed E-state index contributed by atoms with van der Waals surface area (Å²) in [6, 6.07) is 6.46. The molecule has 27 heavy (non-hydrogen) atoms. The number of halogens is 3. The van der Waals surface area contributed by atoms with Crippen molar-refractivity contribution in [1.82, 2.24) is 10.6 Å². The van der Waals surface area contributed by atoms with Gasteiger partial charge in [-0.25, -0.2) is 13.6 Å². The van der Waals surface area contributed by atoms with E-state index in [4.69, 9.17) is 21.1 Å². The highest BCUT2D eigenvalue weighted by atomic mass is 35.5. The Labute approximate surface area is 160 Å². The first-order chi connectivity index (χ1) is 13.0. The number of rotatable bonds is 5. The maximum absolute atomic E-state index is 13.5. The average molecular weight is 397 g/mol. The van der Waals surface area contributed by atoms with Gasteiger partial charge < -0.3 is 20.1 Å². The molecule has 0 bridgehead atoms. The topological polar surface area (TPSA) is 59.6 Å². The maximum atomic E-state index is 13.5. The Morgan fingerprint density at radius 3 is 2.74 bits per heavy atom. The minimum Gasteiger partial charge on any atom is -0.489 e. The van der Waals surface area contributed by atoms with Gasteiger partial charge in [0.25, 0.3) is 0 Å². The molecule has 0 spiro atoms. The lowest BCUT2D eigenvalue weighted by Crippen LogP contribution is -2.36. The highest BCUT2D eigenvalue weighted by Gasteiger charge is 2.16. The first-order valence-corrected chi connectivity index (χ1v) is 8.94. The van der Waals surface area contributed by atoms with Gasteiger partial charge in [0.2, 0.25) is 0 Å². The molecule has 0 unspecified atom stereocenters. The van der Waals surface area contributed by atoms with Crippen LogP contribution in [0.15, 0.2) is 30.3 Å². The fourth-order valence-corrected chi connectivity index (χ4v) is 2.95. The van der Waals surface area contributed by atoms with Crippen LogP contribution in [0.2, 0.25) is 5.02 Å². The van der Waals surface area contributed by atoms with Crippen molar-refractivity contribution < 1.29 is 23.0 Å². The summed E-state index contributed by atoms with van der Waals surface area (Å²) < 4.78 is 37.6. The number of fused-ring (bicyclic) bond motifs is 1. The SMILES string of the molecule is O=C(NCCc1ccc(F)cc1F)NCc1cc(Cl)c2c(c1)OCCCO2. The number of carbonyl (C=O) groups excluding carboxylic acids is 1. The van der Waals surface area contributed by atoms with Crippen LogP contribution in [0.1, 0.15) is 17.5 Å². The molecule has 0 saturated carbocycles. The number of urea groups is 1. The molecule has 2 N–H and O–H groups in total. The normalized spacial score (nSPS) is 13.0. The van der Waals surface area contributed by atoms with Crippen LogP contribution in [0, 0.1) is 11.6 Å². The Bertz CT molecular complexity index is 833. The zero-order valence-corrected chi connectivity index (χ0v) is 15.2. The monoisotopic (exact) mass is 396 g/mol. The van der Waals surface area contributed by atoms with E-state index < -0.39 is 17.7 Å². The first-order valence-electron chi connectivity index (χ1n) is 8.56. The van der Waals surface area contributed by atoms with Crippen LogP contribution < -0.4 is 20.1 Å². The predicted molar refractivity (Wildman–Crippen MR) is 97.4 cm³/mol. The molecule has 5 nitrogen and oxygen atoms in total. The van der Waals surface area contributed by atoms with Crippen LogP contribution in [-0.2, 0) is 13.0 Å². The van der Waals surface area contributed by atoms with Gasteiger partial charge in [-0.2, -0.15) is 0 Å². The van der Waals surface area contributed by atoms with Crippen LogP contribution >= 0.6 is 11.6 Å². The number of hydrogen-bond donors (Lipinski definition) is 2. The first kappa shape index (κ1) is 19.2. The second kappa shape index (κ2) is 8.90. The van der Waals surface area contributed by atoms with Gasteiger partial charge in [-0.05, 0) is 35.7 Å². The fraction of sp³-hybridized carbons (Fsp3) is 0.316. The zero-order chi connectivity index (χ0) is 19.2. The van der Waals surface area contributed by atoms with Crippen LogP contribution in [0.25, 0.3) is 0 Å². The Balaban J connectivity index is 1.49. The van der Waals surface area contributed by atoms with E-state index in [2.05, 4.69) is 10.6 Å². The van der Waals surface area contributed by atoms with Gasteiger partial charge in [0.1, 0.15) is 11.6 Å². The van der Waals surface area contributed by atoms with E-state index in [0.717, 1.165) is 18.1 Å². The zero-order valence-electron chi connectivity index (χ0n) is 14.5. The minimum atomic E-state index is -0.629. The largest absolute Gasteiger partial charge is 0.489 e. The number of nitrogens with one attached hydrogen (secondary N) is 2. The summed E-state index contributed by atoms with van der Waals surface area (Å²) in [5.74, 6) is -0.178. The third-order valence-corrected chi connectivity index (χ3v) is 4.29. The van der Waals surface area contributed by atoms with Crippen LogP contribution in [-0.4, -0.2) is 25.8 Å². The van der Waals surface area contributed by atoms with Gasteiger partial charge in [0.15, 0.2) is 11.5 Å². The molecule has 8 heteroatoms. The fourth-order valence-electron chi connectivity index (χ4n) is 2.67. The Kier molecular flexibility index (Phi) is 6.34. The van der Waals surface area contributed by atoms with Gasteiger partial charge in [0, 0.05) is 25.6 Å². The molecule has 144 valence electrons. The van der Waals surface area contributed by atoms with E-state index in [-0.39, 0.29) is 19.5 Å². The van der Waals surface area contributed by atoms with Gasteiger partial charge in [-0.3, -0.25) is 0 Å². The molecular weight excluding hydrogens is 378 g/mol. The molecule has 0 aliphatic carbocycles. The quantitative estimate of drug-likeness (QED) is 0.807. The molecule has 1 heterocycles.